The van der Waals surface area contributed by atoms with Gasteiger partial charge in [-0.15, -0.1) is 0 Å². The first-order valence-electron chi connectivity index (χ1n) is 3.82. The highest BCUT2D eigenvalue weighted by molar-refractivity contribution is 5.27. The van der Waals surface area contributed by atoms with Gasteiger partial charge in [-0.3, -0.25) is 9.55 Å². The predicted octanol–water partition coefficient (Wildman–Crippen LogP) is 0.628. The molecule has 0 atom stereocenters. The molecule has 0 radical (unpaired) electrons. The third kappa shape index (κ3) is 1.46. The van der Waals surface area contributed by atoms with Gasteiger partial charge in [0.2, 0.25) is 0 Å². The zero-order valence-electron chi connectivity index (χ0n) is 6.79. The summed E-state index contributed by atoms with van der Waals surface area (Å²) in [6.07, 6.45) is 6.41. The summed E-state index contributed by atoms with van der Waals surface area (Å²) in [5.74, 6) is 0. The third-order valence-corrected chi connectivity index (χ3v) is 1.65. The lowest BCUT2D eigenvalue weighted by Crippen LogP contribution is -2.19. The summed E-state index contributed by atoms with van der Waals surface area (Å²) in [5, 5.41) is 0. The van der Waals surface area contributed by atoms with Gasteiger partial charge in [0, 0.05) is 24.8 Å². The second-order valence-electron chi connectivity index (χ2n) is 2.48. The molecule has 4 nitrogen and oxygen atoms in total. The van der Waals surface area contributed by atoms with Crippen LogP contribution in [0, 0.1) is 0 Å². The molecule has 0 spiro atoms. The molecule has 0 fully saturated rings. The van der Waals surface area contributed by atoms with E-state index in [4.69, 9.17) is 0 Å². The lowest BCUT2D eigenvalue weighted by molar-refractivity contribution is 0.911. The minimum Gasteiger partial charge on any atom is -0.268 e. The van der Waals surface area contributed by atoms with Crippen LogP contribution in [0.2, 0.25) is 0 Å². The standard InChI is InChI=1S/C9H7N3O/c13-9-11-4-1-7-12(9)8-2-5-10-6-3-8/h1-7H. The minimum atomic E-state index is -0.284. The molecular formula is C9H7N3O. The fraction of sp³-hybridized carbons (Fsp3) is 0. The molecule has 2 aromatic rings. The Balaban J connectivity index is 2.60. The van der Waals surface area contributed by atoms with Crippen LogP contribution >= 0.6 is 0 Å². The van der Waals surface area contributed by atoms with E-state index in [0.717, 1.165) is 5.69 Å². The Morgan fingerprint density at radius 2 is 1.92 bits per heavy atom. The highest BCUT2D eigenvalue weighted by Gasteiger charge is 1.96. The molecule has 13 heavy (non-hydrogen) atoms. The second kappa shape index (κ2) is 3.18. The molecule has 0 N–H and O–H groups in total. The van der Waals surface area contributed by atoms with Crippen molar-refractivity contribution in [2.75, 3.05) is 0 Å². The Labute approximate surface area is 74.5 Å². The fourth-order valence-electron chi connectivity index (χ4n) is 1.06. The average molecular weight is 173 g/mol. The van der Waals surface area contributed by atoms with E-state index in [-0.39, 0.29) is 5.69 Å². The maximum absolute atomic E-state index is 11.3. The van der Waals surface area contributed by atoms with E-state index >= 15 is 0 Å². The number of aromatic nitrogens is 3. The maximum Gasteiger partial charge on any atom is 0.352 e. The first kappa shape index (κ1) is 7.67. The molecule has 0 saturated heterocycles. The molecule has 0 saturated carbocycles. The molecule has 0 aliphatic carbocycles. The van der Waals surface area contributed by atoms with Gasteiger partial charge in [-0.2, -0.15) is 0 Å². The summed E-state index contributed by atoms with van der Waals surface area (Å²) in [6, 6.07) is 5.22. The van der Waals surface area contributed by atoms with Gasteiger partial charge < -0.3 is 0 Å². The zero-order valence-corrected chi connectivity index (χ0v) is 6.79. The van der Waals surface area contributed by atoms with Crippen LogP contribution in [-0.4, -0.2) is 14.5 Å². The van der Waals surface area contributed by atoms with Crippen molar-refractivity contribution in [3.63, 3.8) is 0 Å². The average Bonchev–Trinajstić information content (AvgIpc) is 2.20. The molecule has 0 aromatic carbocycles. The molecular weight excluding hydrogens is 166 g/mol. The van der Waals surface area contributed by atoms with Gasteiger partial charge in [0.1, 0.15) is 0 Å². The largest absolute Gasteiger partial charge is 0.352 e. The van der Waals surface area contributed by atoms with Crippen molar-refractivity contribution in [1.29, 1.82) is 0 Å². The normalized spacial score (nSPS) is 9.85. The summed E-state index contributed by atoms with van der Waals surface area (Å²) in [4.78, 5) is 18.8. The van der Waals surface area contributed by atoms with Gasteiger partial charge in [-0.1, -0.05) is 0 Å². The third-order valence-electron chi connectivity index (χ3n) is 1.65. The quantitative estimate of drug-likeness (QED) is 0.635. The molecule has 2 aromatic heterocycles. The van der Waals surface area contributed by atoms with Crippen LogP contribution in [0.5, 0.6) is 0 Å². The summed E-state index contributed by atoms with van der Waals surface area (Å²) >= 11 is 0. The summed E-state index contributed by atoms with van der Waals surface area (Å²) < 4.78 is 1.46. The van der Waals surface area contributed by atoms with Crippen molar-refractivity contribution in [1.82, 2.24) is 14.5 Å². The highest BCUT2D eigenvalue weighted by Crippen LogP contribution is 1.99. The summed E-state index contributed by atoms with van der Waals surface area (Å²) in [5.41, 5.74) is 0.488. The van der Waals surface area contributed by atoms with Gasteiger partial charge in [-0.05, 0) is 18.2 Å². The maximum atomic E-state index is 11.3. The van der Waals surface area contributed by atoms with Gasteiger partial charge in [0.15, 0.2) is 0 Å². The zero-order chi connectivity index (χ0) is 9.10. The van der Waals surface area contributed by atoms with E-state index in [2.05, 4.69) is 9.97 Å². The summed E-state index contributed by atoms with van der Waals surface area (Å²) in [7, 11) is 0. The van der Waals surface area contributed by atoms with Crippen LogP contribution < -0.4 is 5.69 Å². The SMILES string of the molecule is O=c1ncccn1-c1ccncc1. The van der Waals surface area contributed by atoms with Crippen LogP contribution in [0.1, 0.15) is 0 Å². The molecule has 2 heterocycles. The molecule has 0 bridgehead atoms. The number of rotatable bonds is 1. The van der Waals surface area contributed by atoms with Crippen molar-refractivity contribution in [2.45, 2.75) is 0 Å². The van der Waals surface area contributed by atoms with Crippen LogP contribution in [0.25, 0.3) is 5.69 Å². The first-order chi connectivity index (χ1) is 6.38. The molecule has 0 unspecified atom stereocenters. The van der Waals surface area contributed by atoms with Crippen LogP contribution in [0.3, 0.4) is 0 Å². The van der Waals surface area contributed by atoms with E-state index in [0.29, 0.717) is 0 Å². The molecule has 0 aliphatic heterocycles. The van der Waals surface area contributed by atoms with Crippen molar-refractivity contribution >= 4 is 0 Å². The Kier molecular flexibility index (Phi) is 1.88. The van der Waals surface area contributed by atoms with Gasteiger partial charge in [-0.25, -0.2) is 9.78 Å². The Bertz CT molecular complexity index is 450. The van der Waals surface area contributed by atoms with Crippen molar-refractivity contribution < 1.29 is 0 Å². The van der Waals surface area contributed by atoms with Crippen molar-refractivity contribution in [3.8, 4) is 5.69 Å². The van der Waals surface area contributed by atoms with E-state index in [1.807, 2.05) is 0 Å². The Morgan fingerprint density at radius 1 is 1.15 bits per heavy atom. The van der Waals surface area contributed by atoms with Gasteiger partial charge in [0.05, 0.1) is 5.69 Å². The van der Waals surface area contributed by atoms with Crippen LogP contribution in [0.15, 0.2) is 47.8 Å². The molecule has 4 heteroatoms. The number of hydrogen-bond donors (Lipinski definition) is 0. The lowest BCUT2D eigenvalue weighted by Gasteiger charge is -2.01. The first-order valence-corrected chi connectivity index (χ1v) is 3.82. The van der Waals surface area contributed by atoms with Gasteiger partial charge in [0.25, 0.3) is 0 Å². The van der Waals surface area contributed by atoms with Gasteiger partial charge >= 0.3 is 5.69 Å². The van der Waals surface area contributed by atoms with Crippen molar-refractivity contribution in [3.05, 3.63) is 53.5 Å². The van der Waals surface area contributed by atoms with E-state index in [9.17, 15) is 4.79 Å². The Hall–Kier alpha value is -1.97. The molecule has 0 aliphatic rings. The topological polar surface area (TPSA) is 47.8 Å². The fourth-order valence-corrected chi connectivity index (χ4v) is 1.06. The second-order valence-corrected chi connectivity index (χ2v) is 2.48. The molecule has 64 valence electrons. The van der Waals surface area contributed by atoms with E-state index in [1.54, 1.807) is 36.8 Å². The number of nitrogens with zero attached hydrogens (tertiary/aromatic N) is 3. The Morgan fingerprint density at radius 3 is 2.62 bits per heavy atom. The van der Waals surface area contributed by atoms with E-state index < -0.39 is 0 Å². The number of hydrogen-bond acceptors (Lipinski definition) is 3. The van der Waals surface area contributed by atoms with Crippen molar-refractivity contribution in [2.24, 2.45) is 0 Å². The highest BCUT2D eigenvalue weighted by atomic mass is 16.1. The molecule has 0 amide bonds. The smallest absolute Gasteiger partial charge is 0.268 e. The van der Waals surface area contributed by atoms with E-state index in [1.165, 1.54) is 10.8 Å². The van der Waals surface area contributed by atoms with Crippen LogP contribution in [-0.2, 0) is 0 Å². The van der Waals surface area contributed by atoms with Crippen LogP contribution in [0.4, 0.5) is 0 Å². The summed E-state index contributed by atoms with van der Waals surface area (Å²) in [6.45, 7) is 0. The predicted molar refractivity (Wildman–Crippen MR) is 47.6 cm³/mol. The lowest BCUT2D eigenvalue weighted by atomic mass is 10.4. The number of pyridine rings is 1. The monoisotopic (exact) mass is 173 g/mol. The molecule has 2 rings (SSSR count). The minimum absolute atomic E-state index is 0.284.